The Hall–Kier alpha value is -1.59. The van der Waals surface area contributed by atoms with Gasteiger partial charge in [0.05, 0.1) is 13.2 Å². The second-order valence-corrected chi connectivity index (χ2v) is 5.13. The molecule has 1 fully saturated rings. The number of hydrogen-bond acceptors (Lipinski definition) is 4. The van der Waals surface area contributed by atoms with E-state index in [2.05, 4.69) is 25.2 Å². The number of carbonyl (C=O) groups is 1. The van der Waals surface area contributed by atoms with Crippen molar-refractivity contribution in [2.45, 2.75) is 19.9 Å². The van der Waals surface area contributed by atoms with Gasteiger partial charge >= 0.3 is 0 Å². The lowest BCUT2D eigenvalue weighted by Gasteiger charge is -2.26. The summed E-state index contributed by atoms with van der Waals surface area (Å²) in [6, 6.07) is 8.16. The molecule has 2 rings (SSSR count). The minimum atomic E-state index is 0.0171. The third-order valence-corrected chi connectivity index (χ3v) is 3.59. The van der Waals surface area contributed by atoms with Crippen LogP contribution in [0.1, 0.15) is 25.5 Å². The van der Waals surface area contributed by atoms with Crippen LogP contribution >= 0.6 is 0 Å². The first-order chi connectivity index (χ1) is 10.2. The van der Waals surface area contributed by atoms with E-state index in [1.165, 1.54) is 0 Å². The molecule has 1 amide bonds. The van der Waals surface area contributed by atoms with E-state index in [1.54, 1.807) is 4.90 Å². The molecule has 1 aromatic rings. The number of benzene rings is 1. The van der Waals surface area contributed by atoms with Crippen LogP contribution in [-0.2, 0) is 9.53 Å². The summed E-state index contributed by atoms with van der Waals surface area (Å²) in [7, 11) is 0. The van der Waals surface area contributed by atoms with Crippen molar-refractivity contribution in [3.63, 3.8) is 0 Å². The van der Waals surface area contributed by atoms with Crippen molar-refractivity contribution in [1.29, 1.82) is 0 Å². The summed E-state index contributed by atoms with van der Waals surface area (Å²) in [6.07, 6.45) is 0. The van der Waals surface area contributed by atoms with Gasteiger partial charge in [0.15, 0.2) is 6.61 Å². The maximum Gasteiger partial charge on any atom is 0.260 e. The molecule has 0 saturated carbocycles. The highest BCUT2D eigenvalue weighted by atomic mass is 16.5. The highest BCUT2D eigenvalue weighted by Gasteiger charge is 2.17. The van der Waals surface area contributed by atoms with Gasteiger partial charge in [0.25, 0.3) is 5.91 Å². The topological polar surface area (TPSA) is 50.8 Å². The third kappa shape index (κ3) is 4.72. The van der Waals surface area contributed by atoms with E-state index >= 15 is 0 Å². The number of hydrogen-bond donors (Lipinski definition) is 1. The molecule has 116 valence electrons. The zero-order valence-electron chi connectivity index (χ0n) is 12.8. The zero-order valence-corrected chi connectivity index (χ0v) is 12.8. The first kappa shape index (κ1) is 15.8. The molecule has 1 aromatic carbocycles. The first-order valence-electron chi connectivity index (χ1n) is 7.52. The zero-order chi connectivity index (χ0) is 15.1. The molecule has 0 aromatic heterocycles. The normalized spacial score (nSPS) is 16.6. The van der Waals surface area contributed by atoms with E-state index in [-0.39, 0.29) is 18.6 Å². The van der Waals surface area contributed by atoms with E-state index in [4.69, 9.17) is 9.47 Å². The SMILES string of the molecule is CCNC(C)c1cccc(OCC(=O)N2CCOCC2)c1. The van der Waals surface area contributed by atoms with Gasteiger partial charge < -0.3 is 19.7 Å². The summed E-state index contributed by atoms with van der Waals surface area (Å²) in [5.41, 5.74) is 1.16. The average molecular weight is 292 g/mol. The highest BCUT2D eigenvalue weighted by Crippen LogP contribution is 2.19. The largest absolute Gasteiger partial charge is 0.484 e. The Labute approximate surface area is 126 Å². The number of morpholine rings is 1. The molecule has 1 heterocycles. The molecule has 21 heavy (non-hydrogen) atoms. The molecule has 0 spiro atoms. The Morgan fingerprint density at radius 3 is 2.90 bits per heavy atom. The molecule has 1 aliphatic rings. The van der Waals surface area contributed by atoms with Crippen LogP contribution in [0.3, 0.4) is 0 Å². The molecule has 1 atom stereocenters. The van der Waals surface area contributed by atoms with Crippen molar-refractivity contribution in [2.24, 2.45) is 0 Å². The summed E-state index contributed by atoms with van der Waals surface area (Å²) >= 11 is 0. The summed E-state index contributed by atoms with van der Waals surface area (Å²) in [6.45, 7) is 7.72. The Kier molecular flexibility index (Phi) is 6.02. The number of carbonyl (C=O) groups excluding carboxylic acids is 1. The van der Waals surface area contributed by atoms with Crippen molar-refractivity contribution < 1.29 is 14.3 Å². The summed E-state index contributed by atoms with van der Waals surface area (Å²) in [5.74, 6) is 0.752. The van der Waals surface area contributed by atoms with Crippen molar-refractivity contribution in [1.82, 2.24) is 10.2 Å². The Balaban J connectivity index is 1.87. The Morgan fingerprint density at radius 1 is 1.43 bits per heavy atom. The maximum atomic E-state index is 12.0. The lowest BCUT2D eigenvalue weighted by atomic mass is 10.1. The number of nitrogens with zero attached hydrogens (tertiary/aromatic N) is 1. The van der Waals surface area contributed by atoms with E-state index in [9.17, 15) is 4.79 Å². The molecule has 0 bridgehead atoms. The molecule has 1 unspecified atom stereocenters. The smallest absolute Gasteiger partial charge is 0.260 e. The van der Waals surface area contributed by atoms with Crippen molar-refractivity contribution >= 4 is 5.91 Å². The van der Waals surface area contributed by atoms with Crippen LogP contribution < -0.4 is 10.1 Å². The van der Waals surface area contributed by atoms with E-state index in [0.29, 0.717) is 26.3 Å². The molecule has 5 heteroatoms. The molecule has 0 radical (unpaired) electrons. The Bertz CT molecular complexity index is 459. The van der Waals surface area contributed by atoms with Crippen LogP contribution in [0, 0.1) is 0 Å². The number of ether oxygens (including phenoxy) is 2. The van der Waals surface area contributed by atoms with Gasteiger partial charge in [-0.2, -0.15) is 0 Å². The summed E-state index contributed by atoms with van der Waals surface area (Å²) < 4.78 is 10.9. The van der Waals surface area contributed by atoms with Gasteiger partial charge in [-0.15, -0.1) is 0 Å². The quantitative estimate of drug-likeness (QED) is 0.865. The fourth-order valence-electron chi connectivity index (χ4n) is 2.35. The monoisotopic (exact) mass is 292 g/mol. The maximum absolute atomic E-state index is 12.0. The van der Waals surface area contributed by atoms with Crippen LogP contribution in [0.2, 0.25) is 0 Å². The molecule has 0 aliphatic carbocycles. The number of amides is 1. The first-order valence-corrected chi connectivity index (χ1v) is 7.52. The Morgan fingerprint density at radius 2 is 2.19 bits per heavy atom. The summed E-state index contributed by atoms with van der Waals surface area (Å²) in [5, 5.41) is 3.36. The fourth-order valence-corrected chi connectivity index (χ4v) is 2.35. The van der Waals surface area contributed by atoms with Crippen LogP contribution in [0.4, 0.5) is 0 Å². The van der Waals surface area contributed by atoms with Crippen LogP contribution in [0.15, 0.2) is 24.3 Å². The van der Waals surface area contributed by atoms with Gasteiger partial charge in [-0.25, -0.2) is 0 Å². The van der Waals surface area contributed by atoms with Crippen LogP contribution in [0.5, 0.6) is 5.75 Å². The predicted molar refractivity (Wildman–Crippen MR) is 81.4 cm³/mol. The second-order valence-electron chi connectivity index (χ2n) is 5.13. The molecule has 1 saturated heterocycles. The fraction of sp³-hybridized carbons (Fsp3) is 0.562. The van der Waals surface area contributed by atoms with Gasteiger partial charge in [-0.3, -0.25) is 4.79 Å². The minimum absolute atomic E-state index is 0.0171. The number of nitrogens with one attached hydrogen (secondary N) is 1. The molecule has 5 nitrogen and oxygen atoms in total. The second kappa shape index (κ2) is 8.00. The van der Waals surface area contributed by atoms with Gasteiger partial charge in [0.2, 0.25) is 0 Å². The standard InChI is InChI=1S/C16H24N2O3/c1-3-17-13(2)14-5-4-6-15(11-14)21-12-16(19)18-7-9-20-10-8-18/h4-6,11,13,17H,3,7-10,12H2,1-2H3. The van der Waals surface area contributed by atoms with Gasteiger partial charge in [0, 0.05) is 19.1 Å². The van der Waals surface area contributed by atoms with Crippen molar-refractivity contribution in [3.8, 4) is 5.75 Å². The van der Waals surface area contributed by atoms with Crippen molar-refractivity contribution in [2.75, 3.05) is 39.5 Å². The van der Waals surface area contributed by atoms with Gasteiger partial charge in [-0.1, -0.05) is 19.1 Å². The van der Waals surface area contributed by atoms with E-state index in [0.717, 1.165) is 17.9 Å². The number of rotatable bonds is 6. The van der Waals surface area contributed by atoms with Gasteiger partial charge in [0.1, 0.15) is 5.75 Å². The van der Waals surface area contributed by atoms with Crippen LogP contribution in [0.25, 0.3) is 0 Å². The lowest BCUT2D eigenvalue weighted by molar-refractivity contribution is -0.137. The minimum Gasteiger partial charge on any atom is -0.484 e. The lowest BCUT2D eigenvalue weighted by Crippen LogP contribution is -2.42. The van der Waals surface area contributed by atoms with E-state index < -0.39 is 0 Å². The predicted octanol–water partition coefficient (Wildman–Crippen LogP) is 1.59. The van der Waals surface area contributed by atoms with Crippen molar-refractivity contribution in [3.05, 3.63) is 29.8 Å². The highest BCUT2D eigenvalue weighted by molar-refractivity contribution is 5.77. The molecular weight excluding hydrogens is 268 g/mol. The molecule has 1 aliphatic heterocycles. The summed E-state index contributed by atoms with van der Waals surface area (Å²) in [4.78, 5) is 13.8. The third-order valence-electron chi connectivity index (χ3n) is 3.59. The average Bonchev–Trinajstić information content (AvgIpc) is 2.54. The van der Waals surface area contributed by atoms with Gasteiger partial charge in [-0.05, 0) is 31.2 Å². The van der Waals surface area contributed by atoms with E-state index in [1.807, 2.05) is 18.2 Å². The molecule has 1 N–H and O–H groups in total. The molecular formula is C16H24N2O3. The van der Waals surface area contributed by atoms with Crippen LogP contribution in [-0.4, -0.2) is 50.3 Å².